The molecule has 0 aliphatic carbocycles. The monoisotopic (exact) mass is 270 g/mol. The molecule has 0 amide bonds. The van der Waals surface area contributed by atoms with E-state index in [1.165, 1.54) is 25.7 Å². The average Bonchev–Trinajstić information content (AvgIpc) is 2.06. The van der Waals surface area contributed by atoms with Gasteiger partial charge in [-0.25, -0.2) is 0 Å². The Morgan fingerprint density at radius 2 is 0.769 bits per heavy atom. The molecule has 0 spiro atoms. The van der Waals surface area contributed by atoms with Crippen LogP contribution in [0, 0.1) is 0 Å². The maximum atomic E-state index is 2.38. The Bertz CT molecular complexity index is 80.2. The quantitative estimate of drug-likeness (QED) is 0.513. The minimum absolute atomic E-state index is 1.35. The summed E-state index contributed by atoms with van der Waals surface area (Å²) >= 11 is -1.35. The third-order valence-electron chi connectivity index (χ3n) is 2.55. The van der Waals surface area contributed by atoms with Crippen LogP contribution < -0.4 is 0 Å². The van der Waals surface area contributed by atoms with E-state index in [0.29, 0.717) is 0 Å². The zero-order valence-corrected chi connectivity index (χ0v) is 12.1. The van der Waals surface area contributed by atoms with E-state index in [1.54, 1.807) is 19.2 Å². The molecule has 82 valence electrons. The van der Waals surface area contributed by atoms with Gasteiger partial charge in [0.1, 0.15) is 0 Å². The van der Waals surface area contributed by atoms with Gasteiger partial charge < -0.3 is 0 Å². The zero-order valence-electron chi connectivity index (χ0n) is 10.1. The molecule has 0 aliphatic rings. The van der Waals surface area contributed by atoms with Crippen LogP contribution in [0.15, 0.2) is 0 Å². The van der Waals surface area contributed by atoms with Crippen LogP contribution in [0.4, 0.5) is 0 Å². The third-order valence-corrected chi connectivity index (χ3v) is 15.1. The van der Waals surface area contributed by atoms with Gasteiger partial charge in [-0.15, -0.1) is 0 Å². The predicted octanol–water partition coefficient (Wildman–Crippen LogP) is 5.45. The Kier molecular flexibility index (Phi) is 8.46. The summed E-state index contributed by atoms with van der Waals surface area (Å²) in [4.78, 5) is 6.55. The van der Waals surface area contributed by atoms with Gasteiger partial charge in [0.2, 0.25) is 0 Å². The first-order valence-corrected chi connectivity index (χ1v) is 11.7. The number of hydrogen-bond acceptors (Lipinski definition) is 0. The molecule has 0 aromatic heterocycles. The van der Waals surface area contributed by atoms with Crippen LogP contribution in [0.3, 0.4) is 0 Å². The van der Waals surface area contributed by atoms with Gasteiger partial charge in [-0.1, -0.05) is 0 Å². The Morgan fingerprint density at radius 3 is 0.923 bits per heavy atom. The summed E-state index contributed by atoms with van der Waals surface area (Å²) in [5.74, 6) is 0. The molecule has 0 saturated carbocycles. The van der Waals surface area contributed by atoms with E-state index >= 15 is 0 Å². The van der Waals surface area contributed by atoms with Gasteiger partial charge in [0.15, 0.2) is 0 Å². The topological polar surface area (TPSA) is 0 Å². The van der Waals surface area contributed by atoms with Crippen LogP contribution in [-0.4, -0.2) is 0 Å². The van der Waals surface area contributed by atoms with Crippen LogP contribution in [0.1, 0.15) is 53.4 Å². The van der Waals surface area contributed by atoms with E-state index in [0.717, 1.165) is 0 Å². The molecule has 0 unspecified atom stereocenters. The molecule has 0 aliphatic heterocycles. The van der Waals surface area contributed by atoms with Crippen molar-refractivity contribution in [2.45, 2.75) is 72.6 Å². The maximum absolute atomic E-state index is 2.38. The fourth-order valence-corrected chi connectivity index (χ4v) is 13.9. The summed E-state index contributed by atoms with van der Waals surface area (Å²) < 4.78 is 0. The fraction of sp³-hybridized carbons (Fsp3) is 1.00. The van der Waals surface area contributed by atoms with Crippen molar-refractivity contribution >= 4 is 0 Å². The van der Waals surface area contributed by atoms with Gasteiger partial charge in [0.05, 0.1) is 0 Å². The van der Waals surface area contributed by atoms with Crippen molar-refractivity contribution < 1.29 is 16.1 Å². The van der Waals surface area contributed by atoms with Gasteiger partial charge >= 0.3 is 88.7 Å². The molecule has 0 rings (SSSR count). The second-order valence-electron chi connectivity index (χ2n) is 4.04. The third kappa shape index (κ3) is 5.20. The van der Waals surface area contributed by atoms with Crippen LogP contribution in [0.25, 0.3) is 0 Å². The van der Waals surface area contributed by atoms with Crippen LogP contribution >= 0.6 is 0 Å². The van der Waals surface area contributed by atoms with Crippen molar-refractivity contribution in [3.63, 3.8) is 0 Å². The molecule has 0 fully saturated rings. The van der Waals surface area contributed by atoms with E-state index in [2.05, 4.69) is 27.7 Å². The summed E-state index contributed by atoms with van der Waals surface area (Å²) in [5, 5.41) is 0. The summed E-state index contributed by atoms with van der Waals surface area (Å²) in [6, 6.07) is 0. The summed E-state index contributed by atoms with van der Waals surface area (Å²) in [7, 11) is 0. The van der Waals surface area contributed by atoms with E-state index in [4.69, 9.17) is 0 Å². The number of hydrogen-bond donors (Lipinski definition) is 0. The molecule has 0 saturated heterocycles. The summed E-state index contributed by atoms with van der Waals surface area (Å²) in [6.45, 7) is 9.51. The van der Waals surface area contributed by atoms with Crippen LogP contribution in [0.5, 0.6) is 0 Å². The second kappa shape index (κ2) is 8.03. The molecule has 0 radical (unpaired) electrons. The van der Waals surface area contributed by atoms with Gasteiger partial charge in [-0.05, 0) is 0 Å². The standard InChI is InChI=1S/4C3H7.Mo/c4*1-3-2;/h4*1,3H2,2H3;. The minimum atomic E-state index is -1.35. The molecule has 0 aromatic carbocycles. The Hall–Kier alpha value is 0.688. The number of rotatable bonds is 8. The van der Waals surface area contributed by atoms with Gasteiger partial charge in [-0.3, -0.25) is 0 Å². The molecule has 13 heavy (non-hydrogen) atoms. The van der Waals surface area contributed by atoms with Crippen molar-refractivity contribution in [2.75, 3.05) is 0 Å². The molecule has 0 atom stereocenters. The Balaban J connectivity index is 4.19. The van der Waals surface area contributed by atoms with E-state index in [-0.39, 0.29) is 0 Å². The first kappa shape index (κ1) is 13.7. The SMILES string of the molecule is CC[CH2][Mo]([CH2]CC)([CH2]CC)[CH2]CC. The molecular weight excluding hydrogens is 240 g/mol. The van der Waals surface area contributed by atoms with E-state index in [9.17, 15) is 0 Å². The Labute approximate surface area is 88.7 Å². The molecular formula is C12H28Mo. The molecule has 0 aromatic rings. The fourth-order valence-electron chi connectivity index (χ4n) is 2.34. The van der Waals surface area contributed by atoms with Gasteiger partial charge in [0.25, 0.3) is 0 Å². The molecule has 1 heteroatoms. The van der Waals surface area contributed by atoms with Crippen molar-refractivity contribution in [3.05, 3.63) is 0 Å². The first-order chi connectivity index (χ1) is 6.24. The van der Waals surface area contributed by atoms with Crippen molar-refractivity contribution in [1.29, 1.82) is 0 Å². The average molecular weight is 268 g/mol. The van der Waals surface area contributed by atoms with E-state index < -0.39 is 16.1 Å². The van der Waals surface area contributed by atoms with Crippen molar-refractivity contribution in [3.8, 4) is 0 Å². The molecule has 0 N–H and O–H groups in total. The van der Waals surface area contributed by atoms with Crippen LogP contribution in [0.2, 0.25) is 19.2 Å². The normalized spacial score (nSPS) is 13.2. The molecule has 0 nitrogen and oxygen atoms in total. The van der Waals surface area contributed by atoms with Crippen molar-refractivity contribution in [1.82, 2.24) is 0 Å². The van der Waals surface area contributed by atoms with Crippen LogP contribution in [-0.2, 0) is 16.1 Å². The zero-order chi connectivity index (χ0) is 10.2. The second-order valence-corrected chi connectivity index (χ2v) is 14.1. The van der Waals surface area contributed by atoms with Gasteiger partial charge in [0, 0.05) is 0 Å². The van der Waals surface area contributed by atoms with Crippen molar-refractivity contribution in [2.24, 2.45) is 0 Å². The molecule has 0 bridgehead atoms. The molecule has 0 heterocycles. The van der Waals surface area contributed by atoms with Gasteiger partial charge in [-0.2, -0.15) is 0 Å². The summed E-state index contributed by atoms with van der Waals surface area (Å²) in [5.41, 5.74) is 0. The predicted molar refractivity (Wildman–Crippen MR) is 60.4 cm³/mol. The first-order valence-electron chi connectivity index (χ1n) is 5.98. The van der Waals surface area contributed by atoms with E-state index in [1.807, 2.05) is 0 Å². The Morgan fingerprint density at radius 1 is 0.538 bits per heavy atom. The summed E-state index contributed by atoms with van der Waals surface area (Å²) in [6.07, 6.45) is 5.78.